The first-order chi connectivity index (χ1) is 13.9. The average Bonchev–Trinajstić information content (AvgIpc) is 3.22. The molecule has 30 heavy (non-hydrogen) atoms. The van der Waals surface area contributed by atoms with Crippen LogP contribution in [0, 0.1) is 5.92 Å². The summed E-state index contributed by atoms with van der Waals surface area (Å²) in [6, 6.07) is 0. The maximum atomic E-state index is 6.58. The summed E-state index contributed by atoms with van der Waals surface area (Å²) in [5, 5.41) is 1.44. The summed E-state index contributed by atoms with van der Waals surface area (Å²) < 4.78 is 24.1. The lowest BCUT2D eigenvalue weighted by Gasteiger charge is -2.36. The zero-order chi connectivity index (χ0) is 22.9. The molecule has 0 aliphatic heterocycles. The second-order valence-electron chi connectivity index (χ2n) is 9.08. The van der Waals surface area contributed by atoms with Gasteiger partial charge in [-0.1, -0.05) is 42.3 Å². The van der Waals surface area contributed by atoms with Crippen LogP contribution in [0.3, 0.4) is 0 Å². The Labute approximate surface area is 197 Å². The summed E-state index contributed by atoms with van der Waals surface area (Å²) in [6.07, 6.45) is 5.56. The Morgan fingerprint density at radius 3 is 1.40 bits per heavy atom. The molecule has 0 saturated carbocycles. The van der Waals surface area contributed by atoms with E-state index in [1.165, 1.54) is 0 Å². The maximum Gasteiger partial charge on any atom is 0.146 e. The molecule has 0 heterocycles. The molecule has 0 aromatic carbocycles. The van der Waals surface area contributed by atoms with Gasteiger partial charge in [0.2, 0.25) is 0 Å². The number of ether oxygens (including phenoxy) is 2. The van der Waals surface area contributed by atoms with Crippen molar-refractivity contribution >= 4 is 44.2 Å². The molecule has 8 heteroatoms. The van der Waals surface area contributed by atoms with Gasteiger partial charge < -0.3 is 18.3 Å². The van der Waals surface area contributed by atoms with Crippen LogP contribution in [0.1, 0.15) is 61.3 Å². The highest BCUT2D eigenvalue weighted by molar-refractivity contribution is 6.31. The van der Waals surface area contributed by atoms with Crippen molar-refractivity contribution in [2.45, 2.75) is 84.7 Å². The molecule has 2 atom stereocenters. The maximum absolute atomic E-state index is 6.58. The average molecular weight is 492 g/mol. The molecular weight excluding hydrogens is 455 g/mol. The zero-order valence-corrected chi connectivity index (χ0v) is 25.2. The van der Waals surface area contributed by atoms with Crippen molar-refractivity contribution in [1.82, 2.24) is 0 Å². The van der Waals surface area contributed by atoms with Crippen molar-refractivity contribution in [3.8, 4) is 0 Å². The molecule has 0 amide bonds. The van der Waals surface area contributed by atoms with Crippen LogP contribution in [0.5, 0.6) is 0 Å². The molecule has 0 aromatic rings. The van der Waals surface area contributed by atoms with Crippen LogP contribution in [0.4, 0.5) is 0 Å². The van der Waals surface area contributed by atoms with E-state index in [1.807, 2.05) is 41.5 Å². The molecule has 2 rings (SSSR count). The summed E-state index contributed by atoms with van der Waals surface area (Å²) in [6.45, 7) is 14.3. The zero-order valence-electron chi connectivity index (χ0n) is 19.7. The molecule has 2 aliphatic rings. The molecule has 0 N–H and O–H groups in total. The van der Waals surface area contributed by atoms with E-state index in [4.69, 9.17) is 41.5 Å². The SMILES string of the molecule is CC(C1=CCC(Cl)=C1OC(C)(C)C(C)O[SiH3])C1=CCC(Cl)=C1OC(C)(C)C(C)O[SiH3]. The van der Waals surface area contributed by atoms with Gasteiger partial charge in [0.25, 0.3) is 0 Å². The highest BCUT2D eigenvalue weighted by Crippen LogP contribution is 2.45. The Balaban J connectivity index is 2.28. The molecule has 2 unspecified atom stereocenters. The van der Waals surface area contributed by atoms with E-state index in [2.05, 4.69) is 19.1 Å². The van der Waals surface area contributed by atoms with E-state index in [-0.39, 0.29) is 18.1 Å². The summed E-state index contributed by atoms with van der Waals surface area (Å²) in [7, 11) is 1.31. The van der Waals surface area contributed by atoms with Gasteiger partial charge in [0, 0.05) is 18.8 Å². The molecule has 0 radical (unpaired) electrons. The quantitative estimate of drug-likeness (QED) is 0.431. The number of hydrogen-bond donors (Lipinski definition) is 0. The van der Waals surface area contributed by atoms with E-state index in [0.717, 1.165) is 32.7 Å². The summed E-state index contributed by atoms with van der Waals surface area (Å²) >= 11 is 13.2. The number of rotatable bonds is 10. The number of halogens is 2. The normalized spacial score (nSPS) is 21.1. The third-order valence-electron chi connectivity index (χ3n) is 6.35. The first-order valence-corrected chi connectivity index (χ1v) is 12.9. The number of allylic oxidation sites excluding steroid dienone is 6. The highest BCUT2D eigenvalue weighted by atomic mass is 35.5. The Hall–Kier alpha value is -0.506. The Kier molecular flexibility index (Phi) is 8.55. The molecule has 170 valence electrons. The summed E-state index contributed by atoms with van der Waals surface area (Å²) in [5.41, 5.74) is 1.16. The van der Waals surface area contributed by atoms with Crippen LogP contribution < -0.4 is 0 Å². The molecule has 4 nitrogen and oxygen atoms in total. The monoisotopic (exact) mass is 490 g/mol. The van der Waals surface area contributed by atoms with E-state index >= 15 is 0 Å². The minimum absolute atomic E-state index is 0.0305. The van der Waals surface area contributed by atoms with Gasteiger partial charge in [-0.2, -0.15) is 0 Å². The topological polar surface area (TPSA) is 36.9 Å². The lowest BCUT2D eigenvalue weighted by Crippen LogP contribution is -2.39. The molecule has 0 saturated heterocycles. The van der Waals surface area contributed by atoms with Crippen molar-refractivity contribution in [1.29, 1.82) is 0 Å². The first-order valence-electron chi connectivity index (χ1n) is 10.5. The largest absolute Gasteiger partial charge is 0.484 e. The fourth-order valence-electron chi connectivity index (χ4n) is 3.49. The molecule has 0 spiro atoms. The predicted octanol–water partition coefficient (Wildman–Crippen LogP) is 4.14. The van der Waals surface area contributed by atoms with Crippen LogP contribution in [-0.2, 0) is 18.3 Å². The smallest absolute Gasteiger partial charge is 0.146 e. The lowest BCUT2D eigenvalue weighted by atomic mass is 9.91. The first kappa shape index (κ1) is 25.8. The van der Waals surface area contributed by atoms with Gasteiger partial charge in [-0.15, -0.1) is 0 Å². The molecule has 2 aliphatic carbocycles. The molecular formula is C22H36Cl2O4Si2. The van der Waals surface area contributed by atoms with Crippen molar-refractivity contribution in [3.63, 3.8) is 0 Å². The van der Waals surface area contributed by atoms with Crippen LogP contribution >= 0.6 is 23.2 Å². The van der Waals surface area contributed by atoms with Crippen LogP contribution in [0.2, 0.25) is 0 Å². The van der Waals surface area contributed by atoms with Crippen molar-refractivity contribution in [2.75, 3.05) is 0 Å². The van der Waals surface area contributed by atoms with Crippen molar-refractivity contribution in [3.05, 3.63) is 44.9 Å². The van der Waals surface area contributed by atoms with Gasteiger partial charge >= 0.3 is 0 Å². The van der Waals surface area contributed by atoms with E-state index in [1.54, 1.807) is 0 Å². The Bertz CT molecular complexity index is 720. The van der Waals surface area contributed by atoms with E-state index < -0.39 is 11.2 Å². The van der Waals surface area contributed by atoms with Gasteiger partial charge in [-0.25, -0.2) is 0 Å². The fourth-order valence-corrected chi connectivity index (χ4v) is 5.07. The minimum atomic E-state index is -0.489. The Morgan fingerprint density at radius 2 is 1.10 bits per heavy atom. The molecule has 0 fully saturated rings. The summed E-state index contributed by atoms with van der Waals surface area (Å²) in [4.78, 5) is 0. The Morgan fingerprint density at radius 1 is 0.767 bits per heavy atom. The highest BCUT2D eigenvalue weighted by Gasteiger charge is 2.37. The van der Waals surface area contributed by atoms with Crippen molar-refractivity contribution < 1.29 is 18.3 Å². The second kappa shape index (κ2) is 9.96. The third kappa shape index (κ3) is 5.45. The van der Waals surface area contributed by atoms with Gasteiger partial charge in [-0.3, -0.25) is 0 Å². The van der Waals surface area contributed by atoms with E-state index in [9.17, 15) is 0 Å². The standard InChI is InChI=1S/C22H36Cl2O4Si2/c1-12(15-8-10-17(23)19(15)25-21(4,5)13(2)27-29)16-9-11-18(24)20(16)26-22(6,7)14(3)28-30/h8-9,12-14H,10-11H2,1-7,29-30H3. The van der Waals surface area contributed by atoms with Crippen molar-refractivity contribution in [2.24, 2.45) is 5.92 Å². The molecule has 0 bridgehead atoms. The second-order valence-corrected chi connectivity index (χ2v) is 10.9. The van der Waals surface area contributed by atoms with Gasteiger partial charge in [0.15, 0.2) is 0 Å². The van der Waals surface area contributed by atoms with Crippen LogP contribution in [-0.4, -0.2) is 44.4 Å². The van der Waals surface area contributed by atoms with Crippen LogP contribution in [0.15, 0.2) is 44.9 Å². The third-order valence-corrected chi connectivity index (χ3v) is 8.41. The fraction of sp³-hybridized carbons (Fsp3) is 0.636. The number of hydrogen-bond acceptors (Lipinski definition) is 4. The summed E-state index contributed by atoms with van der Waals surface area (Å²) in [5.74, 6) is 1.53. The molecule has 0 aromatic heterocycles. The predicted molar refractivity (Wildman–Crippen MR) is 132 cm³/mol. The van der Waals surface area contributed by atoms with Gasteiger partial charge in [0.05, 0.1) is 22.3 Å². The lowest BCUT2D eigenvalue weighted by molar-refractivity contribution is -0.0465. The minimum Gasteiger partial charge on any atom is -0.484 e. The van der Waals surface area contributed by atoms with Gasteiger partial charge in [-0.05, 0) is 52.7 Å². The van der Waals surface area contributed by atoms with Crippen LogP contribution in [0.25, 0.3) is 0 Å². The van der Waals surface area contributed by atoms with Gasteiger partial charge in [0.1, 0.15) is 43.7 Å². The van der Waals surface area contributed by atoms with E-state index in [0.29, 0.717) is 33.8 Å².